The molecular weight excluding hydrogens is 162 g/mol. The van der Waals surface area contributed by atoms with E-state index in [1.54, 1.807) is 0 Å². The molecule has 0 bridgehead atoms. The van der Waals surface area contributed by atoms with Gasteiger partial charge in [-0.3, -0.25) is 4.98 Å². The minimum absolute atomic E-state index is 0.515. The zero-order valence-corrected chi connectivity index (χ0v) is 7.88. The molecule has 3 heteroatoms. The highest BCUT2D eigenvalue weighted by Crippen LogP contribution is 2.25. The zero-order chi connectivity index (χ0) is 9.26. The van der Waals surface area contributed by atoms with E-state index in [0.717, 1.165) is 17.1 Å². The van der Waals surface area contributed by atoms with Gasteiger partial charge < -0.3 is 11.1 Å². The highest BCUT2D eigenvalue weighted by Gasteiger charge is 2.20. The SMILES string of the molecule is Cc1cc(NC2CC2)cc(CN)n1. The Morgan fingerprint density at radius 2 is 2.31 bits per heavy atom. The van der Waals surface area contributed by atoms with Crippen molar-refractivity contribution in [3.05, 3.63) is 23.5 Å². The molecule has 0 radical (unpaired) electrons. The Balaban J connectivity index is 2.17. The number of aryl methyl sites for hydroxylation is 1. The van der Waals surface area contributed by atoms with Gasteiger partial charge in [-0.05, 0) is 31.9 Å². The molecule has 1 aliphatic carbocycles. The summed E-state index contributed by atoms with van der Waals surface area (Å²) in [6, 6.07) is 4.79. The average molecular weight is 177 g/mol. The van der Waals surface area contributed by atoms with Gasteiger partial charge in [-0.2, -0.15) is 0 Å². The third-order valence-electron chi connectivity index (χ3n) is 2.16. The van der Waals surface area contributed by atoms with Crippen molar-refractivity contribution >= 4 is 5.69 Å². The largest absolute Gasteiger partial charge is 0.382 e. The van der Waals surface area contributed by atoms with Crippen LogP contribution in [-0.4, -0.2) is 11.0 Å². The van der Waals surface area contributed by atoms with Crippen LogP contribution in [0.3, 0.4) is 0 Å². The number of pyridine rings is 1. The highest BCUT2D eigenvalue weighted by molar-refractivity contribution is 5.47. The summed E-state index contributed by atoms with van der Waals surface area (Å²) in [4.78, 5) is 4.32. The van der Waals surface area contributed by atoms with Crippen molar-refractivity contribution < 1.29 is 0 Å². The van der Waals surface area contributed by atoms with Gasteiger partial charge in [-0.25, -0.2) is 0 Å². The molecule has 0 unspecified atom stereocenters. The van der Waals surface area contributed by atoms with Crippen LogP contribution in [0.15, 0.2) is 12.1 Å². The lowest BCUT2D eigenvalue weighted by molar-refractivity contribution is 0.966. The quantitative estimate of drug-likeness (QED) is 0.734. The van der Waals surface area contributed by atoms with Crippen LogP contribution in [-0.2, 0) is 6.54 Å². The highest BCUT2D eigenvalue weighted by atomic mass is 15.0. The summed E-state index contributed by atoms with van der Waals surface area (Å²) in [7, 11) is 0. The van der Waals surface area contributed by atoms with Gasteiger partial charge in [0.2, 0.25) is 0 Å². The van der Waals surface area contributed by atoms with E-state index in [2.05, 4.69) is 16.4 Å². The molecular formula is C10H15N3. The first kappa shape index (κ1) is 8.51. The van der Waals surface area contributed by atoms with Gasteiger partial charge in [-0.1, -0.05) is 0 Å². The second-order valence-corrected chi connectivity index (χ2v) is 3.61. The first-order valence-electron chi connectivity index (χ1n) is 4.72. The van der Waals surface area contributed by atoms with Crippen LogP contribution < -0.4 is 11.1 Å². The first-order valence-corrected chi connectivity index (χ1v) is 4.72. The van der Waals surface area contributed by atoms with E-state index in [0.29, 0.717) is 12.6 Å². The summed E-state index contributed by atoms with van der Waals surface area (Å²) in [6.45, 7) is 2.51. The molecule has 1 heterocycles. The summed E-state index contributed by atoms with van der Waals surface area (Å²) in [6.07, 6.45) is 2.58. The van der Waals surface area contributed by atoms with Crippen molar-refractivity contribution in [2.45, 2.75) is 32.4 Å². The minimum atomic E-state index is 0.515. The molecule has 1 fully saturated rings. The van der Waals surface area contributed by atoms with E-state index in [9.17, 15) is 0 Å². The molecule has 1 aromatic heterocycles. The molecule has 1 aliphatic rings. The molecule has 2 rings (SSSR count). The molecule has 3 nitrogen and oxygen atoms in total. The molecule has 0 saturated heterocycles. The Morgan fingerprint density at radius 1 is 1.54 bits per heavy atom. The lowest BCUT2D eigenvalue weighted by Gasteiger charge is -2.07. The van der Waals surface area contributed by atoms with Crippen molar-refractivity contribution in [1.29, 1.82) is 0 Å². The number of nitrogens with one attached hydrogen (secondary N) is 1. The van der Waals surface area contributed by atoms with Gasteiger partial charge in [0.05, 0.1) is 5.69 Å². The molecule has 1 aromatic rings. The summed E-state index contributed by atoms with van der Waals surface area (Å²) in [5, 5.41) is 3.44. The Labute approximate surface area is 78.4 Å². The van der Waals surface area contributed by atoms with E-state index in [1.165, 1.54) is 12.8 Å². The fourth-order valence-electron chi connectivity index (χ4n) is 1.39. The fourth-order valence-corrected chi connectivity index (χ4v) is 1.39. The smallest absolute Gasteiger partial charge is 0.0563 e. The molecule has 3 N–H and O–H groups in total. The Bertz CT molecular complexity index is 305. The van der Waals surface area contributed by atoms with Crippen LogP contribution >= 0.6 is 0 Å². The molecule has 13 heavy (non-hydrogen) atoms. The fraction of sp³-hybridized carbons (Fsp3) is 0.500. The maximum Gasteiger partial charge on any atom is 0.0563 e. The van der Waals surface area contributed by atoms with Crippen LogP contribution in [0.5, 0.6) is 0 Å². The van der Waals surface area contributed by atoms with Crippen molar-refractivity contribution in [1.82, 2.24) is 4.98 Å². The topological polar surface area (TPSA) is 50.9 Å². The molecule has 0 aliphatic heterocycles. The number of anilines is 1. The summed E-state index contributed by atoms with van der Waals surface area (Å²) < 4.78 is 0. The first-order chi connectivity index (χ1) is 6.28. The van der Waals surface area contributed by atoms with Gasteiger partial charge in [-0.15, -0.1) is 0 Å². The predicted octanol–water partition coefficient (Wildman–Crippen LogP) is 1.42. The number of hydrogen-bond donors (Lipinski definition) is 2. The van der Waals surface area contributed by atoms with Gasteiger partial charge in [0, 0.05) is 24.0 Å². The van der Waals surface area contributed by atoms with Crippen LogP contribution in [0.2, 0.25) is 0 Å². The molecule has 0 spiro atoms. The molecule has 0 atom stereocenters. The molecule has 1 saturated carbocycles. The third-order valence-corrected chi connectivity index (χ3v) is 2.16. The molecule has 0 amide bonds. The van der Waals surface area contributed by atoms with E-state index in [-0.39, 0.29) is 0 Å². The van der Waals surface area contributed by atoms with Gasteiger partial charge in [0.1, 0.15) is 0 Å². The zero-order valence-electron chi connectivity index (χ0n) is 7.88. The number of aromatic nitrogens is 1. The number of rotatable bonds is 3. The summed E-state index contributed by atoms with van der Waals surface area (Å²) in [5.41, 5.74) is 8.70. The van der Waals surface area contributed by atoms with E-state index < -0.39 is 0 Å². The lowest BCUT2D eigenvalue weighted by atomic mass is 10.2. The van der Waals surface area contributed by atoms with E-state index >= 15 is 0 Å². The monoisotopic (exact) mass is 177 g/mol. The Hall–Kier alpha value is -1.09. The van der Waals surface area contributed by atoms with Gasteiger partial charge in [0.15, 0.2) is 0 Å². The molecule has 0 aromatic carbocycles. The van der Waals surface area contributed by atoms with Crippen LogP contribution in [0.4, 0.5) is 5.69 Å². The standard InChI is InChI=1S/C10H15N3/c1-7-4-9(13-8-2-3-8)5-10(6-11)12-7/h4-5,8H,2-3,6,11H2,1H3,(H,12,13). The van der Waals surface area contributed by atoms with Crippen molar-refractivity contribution in [3.63, 3.8) is 0 Å². The summed E-state index contributed by atoms with van der Waals surface area (Å²) in [5.74, 6) is 0. The second-order valence-electron chi connectivity index (χ2n) is 3.61. The number of nitrogens with zero attached hydrogens (tertiary/aromatic N) is 1. The maximum atomic E-state index is 5.54. The van der Waals surface area contributed by atoms with Crippen molar-refractivity contribution in [3.8, 4) is 0 Å². The van der Waals surface area contributed by atoms with E-state index in [1.807, 2.05) is 13.0 Å². The second kappa shape index (κ2) is 3.34. The maximum absolute atomic E-state index is 5.54. The van der Waals surface area contributed by atoms with Gasteiger partial charge in [0.25, 0.3) is 0 Å². The van der Waals surface area contributed by atoms with Crippen LogP contribution in [0.25, 0.3) is 0 Å². The third kappa shape index (κ3) is 2.18. The minimum Gasteiger partial charge on any atom is -0.382 e. The number of hydrogen-bond acceptors (Lipinski definition) is 3. The Kier molecular flexibility index (Phi) is 2.19. The van der Waals surface area contributed by atoms with Crippen LogP contribution in [0.1, 0.15) is 24.2 Å². The predicted molar refractivity (Wildman–Crippen MR) is 53.5 cm³/mol. The van der Waals surface area contributed by atoms with Gasteiger partial charge >= 0.3 is 0 Å². The Morgan fingerprint density at radius 3 is 2.92 bits per heavy atom. The summed E-state index contributed by atoms with van der Waals surface area (Å²) >= 11 is 0. The number of nitrogens with two attached hydrogens (primary N) is 1. The lowest BCUT2D eigenvalue weighted by Crippen LogP contribution is -2.05. The normalized spacial score (nSPS) is 15.8. The van der Waals surface area contributed by atoms with Crippen LogP contribution in [0, 0.1) is 6.92 Å². The molecule has 70 valence electrons. The average Bonchev–Trinajstić information content (AvgIpc) is 2.87. The van der Waals surface area contributed by atoms with E-state index in [4.69, 9.17) is 5.73 Å². The van der Waals surface area contributed by atoms with Crippen molar-refractivity contribution in [2.75, 3.05) is 5.32 Å². The van der Waals surface area contributed by atoms with Crippen molar-refractivity contribution in [2.24, 2.45) is 5.73 Å².